The molecule has 0 aromatic heterocycles. The fourth-order valence-electron chi connectivity index (χ4n) is 2.59. The Morgan fingerprint density at radius 1 is 0.958 bits per heavy atom. The molecular weight excluding hydrogens is 298 g/mol. The van der Waals surface area contributed by atoms with Crippen LogP contribution in [0.2, 0.25) is 0 Å². The second-order valence-corrected chi connectivity index (χ2v) is 5.64. The first-order valence-electron chi connectivity index (χ1n) is 7.94. The lowest BCUT2D eigenvalue weighted by Crippen LogP contribution is -2.06. The van der Waals surface area contributed by atoms with Gasteiger partial charge in [0.05, 0.1) is 11.6 Å². The molecular formula is C21H17NO2. The maximum Gasteiger partial charge on any atom is 0.311 e. The van der Waals surface area contributed by atoms with Gasteiger partial charge in [0.1, 0.15) is 5.75 Å². The fourth-order valence-corrected chi connectivity index (χ4v) is 2.59. The third-order valence-corrected chi connectivity index (χ3v) is 3.84. The first-order chi connectivity index (χ1) is 11.7. The van der Waals surface area contributed by atoms with Crippen LogP contribution >= 0.6 is 0 Å². The van der Waals surface area contributed by atoms with Crippen LogP contribution in [0.25, 0.3) is 21.9 Å². The molecule has 3 heteroatoms. The zero-order chi connectivity index (χ0) is 16.9. The fraction of sp³-hybridized carbons (Fsp3) is 0.143. The monoisotopic (exact) mass is 315 g/mol. The number of benzene rings is 3. The van der Waals surface area contributed by atoms with Crippen molar-refractivity contribution in [3.8, 4) is 22.9 Å². The SMILES string of the molecule is CCCC(=O)Oc1ccc2cc(-c3ccc(C#N)cc3)ccc2c1. The van der Waals surface area contributed by atoms with Crippen LogP contribution in [0.3, 0.4) is 0 Å². The first-order valence-corrected chi connectivity index (χ1v) is 7.94. The highest BCUT2D eigenvalue weighted by Crippen LogP contribution is 2.27. The quantitative estimate of drug-likeness (QED) is 0.498. The van der Waals surface area contributed by atoms with Gasteiger partial charge < -0.3 is 4.74 Å². The highest BCUT2D eigenvalue weighted by atomic mass is 16.5. The van der Waals surface area contributed by atoms with Crippen LogP contribution in [-0.2, 0) is 4.79 Å². The molecule has 0 radical (unpaired) electrons. The summed E-state index contributed by atoms with van der Waals surface area (Å²) in [5, 5.41) is 11.0. The molecule has 0 fully saturated rings. The number of fused-ring (bicyclic) bond motifs is 1. The van der Waals surface area contributed by atoms with Crippen LogP contribution in [0.15, 0.2) is 60.7 Å². The molecule has 3 rings (SSSR count). The van der Waals surface area contributed by atoms with E-state index in [9.17, 15) is 4.79 Å². The van der Waals surface area contributed by atoms with Crippen molar-refractivity contribution in [2.75, 3.05) is 0 Å². The van der Waals surface area contributed by atoms with Gasteiger partial charge in [-0.05, 0) is 58.7 Å². The molecule has 0 aliphatic rings. The van der Waals surface area contributed by atoms with Crippen LogP contribution in [0.5, 0.6) is 5.75 Å². The van der Waals surface area contributed by atoms with Gasteiger partial charge in [-0.2, -0.15) is 5.26 Å². The van der Waals surface area contributed by atoms with Gasteiger partial charge in [0.25, 0.3) is 0 Å². The summed E-state index contributed by atoms with van der Waals surface area (Å²) in [5.74, 6) is 0.373. The largest absolute Gasteiger partial charge is 0.427 e. The zero-order valence-electron chi connectivity index (χ0n) is 13.5. The number of esters is 1. The second kappa shape index (κ2) is 6.97. The molecule has 0 amide bonds. The van der Waals surface area contributed by atoms with Gasteiger partial charge >= 0.3 is 5.97 Å². The van der Waals surface area contributed by atoms with Crippen molar-refractivity contribution in [3.63, 3.8) is 0 Å². The van der Waals surface area contributed by atoms with Crippen molar-refractivity contribution in [1.82, 2.24) is 0 Å². The summed E-state index contributed by atoms with van der Waals surface area (Å²) in [6.45, 7) is 1.95. The Balaban J connectivity index is 1.89. The molecule has 0 bridgehead atoms. The molecule has 0 saturated heterocycles. The lowest BCUT2D eigenvalue weighted by molar-refractivity contribution is -0.134. The average Bonchev–Trinajstić information content (AvgIpc) is 2.61. The molecule has 0 atom stereocenters. The minimum atomic E-state index is -0.203. The number of hydrogen-bond acceptors (Lipinski definition) is 3. The summed E-state index contributed by atoms with van der Waals surface area (Å²) in [6, 6.07) is 21.4. The molecule has 3 nitrogen and oxygen atoms in total. The Labute approximate surface area is 141 Å². The van der Waals surface area contributed by atoms with E-state index in [0.29, 0.717) is 17.7 Å². The van der Waals surface area contributed by atoms with E-state index in [1.54, 1.807) is 0 Å². The highest BCUT2D eigenvalue weighted by molar-refractivity contribution is 5.89. The Morgan fingerprint density at radius 2 is 1.62 bits per heavy atom. The maximum atomic E-state index is 11.6. The van der Waals surface area contributed by atoms with E-state index in [0.717, 1.165) is 28.3 Å². The molecule has 0 N–H and O–H groups in total. The van der Waals surface area contributed by atoms with Gasteiger partial charge in [-0.15, -0.1) is 0 Å². The lowest BCUT2D eigenvalue weighted by atomic mass is 10.0. The normalized spacial score (nSPS) is 10.3. The summed E-state index contributed by atoms with van der Waals surface area (Å²) < 4.78 is 5.33. The number of nitrogens with zero attached hydrogens (tertiary/aromatic N) is 1. The topological polar surface area (TPSA) is 50.1 Å². The smallest absolute Gasteiger partial charge is 0.311 e. The second-order valence-electron chi connectivity index (χ2n) is 5.64. The number of nitriles is 1. The summed E-state index contributed by atoms with van der Waals surface area (Å²) >= 11 is 0. The summed E-state index contributed by atoms with van der Waals surface area (Å²) in [5.41, 5.74) is 2.80. The van der Waals surface area contributed by atoms with Crippen LogP contribution in [0, 0.1) is 11.3 Å². The third kappa shape index (κ3) is 3.44. The number of carbonyl (C=O) groups is 1. The van der Waals surface area contributed by atoms with Crippen molar-refractivity contribution in [3.05, 3.63) is 66.2 Å². The zero-order valence-corrected chi connectivity index (χ0v) is 13.5. The average molecular weight is 315 g/mol. The van der Waals surface area contributed by atoms with Crippen molar-refractivity contribution in [1.29, 1.82) is 5.26 Å². The van der Waals surface area contributed by atoms with Crippen LogP contribution in [0.4, 0.5) is 0 Å². The molecule has 0 heterocycles. The third-order valence-electron chi connectivity index (χ3n) is 3.84. The van der Waals surface area contributed by atoms with Gasteiger partial charge in [0, 0.05) is 6.42 Å². The van der Waals surface area contributed by atoms with Gasteiger partial charge in [-0.1, -0.05) is 37.3 Å². The Hall–Kier alpha value is -3.12. The molecule has 3 aromatic rings. The molecule has 0 aliphatic heterocycles. The molecule has 0 unspecified atom stereocenters. The highest BCUT2D eigenvalue weighted by Gasteiger charge is 2.05. The Morgan fingerprint density at radius 3 is 2.33 bits per heavy atom. The number of carbonyl (C=O) groups excluding carboxylic acids is 1. The molecule has 0 spiro atoms. The van der Waals surface area contributed by atoms with Crippen molar-refractivity contribution in [2.45, 2.75) is 19.8 Å². The Kier molecular flexibility index (Phi) is 4.58. The molecule has 118 valence electrons. The van der Waals surface area contributed by atoms with E-state index >= 15 is 0 Å². The van der Waals surface area contributed by atoms with Crippen molar-refractivity contribution in [2.24, 2.45) is 0 Å². The molecule has 24 heavy (non-hydrogen) atoms. The molecule has 0 aliphatic carbocycles. The number of hydrogen-bond donors (Lipinski definition) is 0. The van der Waals surface area contributed by atoms with Gasteiger partial charge in [0.2, 0.25) is 0 Å². The van der Waals surface area contributed by atoms with Gasteiger partial charge in [-0.3, -0.25) is 4.79 Å². The molecule has 3 aromatic carbocycles. The lowest BCUT2D eigenvalue weighted by Gasteiger charge is -2.07. The minimum absolute atomic E-state index is 0.203. The number of rotatable bonds is 4. The Bertz CT molecular complexity index is 921. The predicted octanol–water partition coefficient (Wildman–Crippen LogP) is 5.08. The van der Waals surface area contributed by atoms with E-state index in [-0.39, 0.29) is 5.97 Å². The van der Waals surface area contributed by atoms with Gasteiger partial charge in [0.15, 0.2) is 0 Å². The van der Waals surface area contributed by atoms with Crippen molar-refractivity contribution < 1.29 is 9.53 Å². The van der Waals surface area contributed by atoms with Crippen LogP contribution in [-0.4, -0.2) is 5.97 Å². The van der Waals surface area contributed by atoms with E-state index in [4.69, 9.17) is 10.00 Å². The van der Waals surface area contributed by atoms with E-state index in [1.165, 1.54) is 0 Å². The first kappa shape index (κ1) is 15.8. The van der Waals surface area contributed by atoms with Crippen LogP contribution < -0.4 is 4.74 Å². The van der Waals surface area contributed by atoms with Gasteiger partial charge in [-0.25, -0.2) is 0 Å². The van der Waals surface area contributed by atoms with Crippen LogP contribution in [0.1, 0.15) is 25.3 Å². The standard InChI is InChI=1S/C21H17NO2/c1-2-3-21(23)24-20-11-10-18-12-17(8-9-19(18)13-20)16-6-4-15(14-22)5-7-16/h4-13H,2-3H2,1H3. The number of ether oxygens (including phenoxy) is 1. The summed E-state index contributed by atoms with van der Waals surface area (Å²) in [7, 11) is 0. The predicted molar refractivity (Wildman–Crippen MR) is 94.6 cm³/mol. The minimum Gasteiger partial charge on any atom is -0.427 e. The van der Waals surface area contributed by atoms with Crippen molar-refractivity contribution >= 4 is 16.7 Å². The summed E-state index contributed by atoms with van der Waals surface area (Å²) in [6.07, 6.45) is 1.20. The summed E-state index contributed by atoms with van der Waals surface area (Å²) in [4.78, 5) is 11.6. The maximum absolute atomic E-state index is 11.6. The van der Waals surface area contributed by atoms with E-state index in [1.807, 2.05) is 61.5 Å². The molecule has 0 saturated carbocycles. The van der Waals surface area contributed by atoms with E-state index < -0.39 is 0 Å². The van der Waals surface area contributed by atoms with E-state index in [2.05, 4.69) is 12.1 Å².